The van der Waals surface area contributed by atoms with Gasteiger partial charge in [0.25, 0.3) is 0 Å². The van der Waals surface area contributed by atoms with Gasteiger partial charge in [-0.15, -0.1) is 21.5 Å². The quantitative estimate of drug-likeness (QED) is 0.698. The van der Waals surface area contributed by atoms with Crippen LogP contribution in [0.1, 0.15) is 30.4 Å². The molecule has 0 aromatic carbocycles. The van der Waals surface area contributed by atoms with Crippen LogP contribution in [0, 0.1) is 0 Å². The van der Waals surface area contributed by atoms with Crippen LogP contribution in [-0.4, -0.2) is 24.9 Å². The average Bonchev–Trinajstić information content (AvgIpc) is 3.01. The molecule has 1 aliphatic carbocycles. The molecule has 1 aliphatic rings. The molecule has 3 aromatic heterocycles. The van der Waals surface area contributed by atoms with Gasteiger partial charge in [0.15, 0.2) is 11.0 Å². The lowest BCUT2D eigenvalue weighted by molar-refractivity contribution is 0.263. The van der Waals surface area contributed by atoms with E-state index in [0.29, 0.717) is 11.9 Å². The fourth-order valence-corrected chi connectivity index (χ4v) is 4.07. The van der Waals surface area contributed by atoms with Crippen molar-refractivity contribution in [3.8, 4) is 10.6 Å². The zero-order valence-electron chi connectivity index (χ0n) is 11.7. The van der Waals surface area contributed by atoms with Crippen LogP contribution in [0.3, 0.4) is 0 Å². The fourth-order valence-electron chi connectivity index (χ4n) is 2.24. The third kappa shape index (κ3) is 2.69. The maximum atomic E-state index is 9.35. The minimum absolute atomic E-state index is 0.0641. The molecule has 0 spiro atoms. The Labute approximate surface area is 135 Å². The topological polar surface area (TPSA) is 77.0 Å². The highest BCUT2D eigenvalue weighted by Gasteiger charge is 2.29. The zero-order valence-corrected chi connectivity index (χ0v) is 13.3. The van der Waals surface area contributed by atoms with E-state index in [0.717, 1.165) is 40.0 Å². The Balaban J connectivity index is 1.48. The highest BCUT2D eigenvalue weighted by molar-refractivity contribution is 7.98. The molecule has 3 aromatic rings. The Hall–Kier alpha value is -1.64. The first kappa shape index (κ1) is 14.0. The van der Waals surface area contributed by atoms with Gasteiger partial charge in [0.1, 0.15) is 17.9 Å². The molecule has 0 unspecified atom stereocenters. The van der Waals surface area contributed by atoms with Crippen molar-refractivity contribution in [3.63, 3.8) is 0 Å². The molecule has 1 saturated carbocycles. The predicted molar refractivity (Wildman–Crippen MR) is 83.6 cm³/mol. The summed E-state index contributed by atoms with van der Waals surface area (Å²) in [6, 6.07) is 2.36. The van der Waals surface area contributed by atoms with Gasteiger partial charge in [-0.05, 0) is 18.9 Å². The second-order valence-electron chi connectivity index (χ2n) is 5.10. The van der Waals surface area contributed by atoms with Crippen LogP contribution in [0.15, 0.2) is 33.5 Å². The monoisotopic (exact) mass is 334 g/mol. The molecule has 0 atom stereocenters. The van der Waals surface area contributed by atoms with Gasteiger partial charge in [-0.1, -0.05) is 11.8 Å². The van der Waals surface area contributed by atoms with Crippen molar-refractivity contribution >= 4 is 23.1 Å². The third-order valence-electron chi connectivity index (χ3n) is 3.46. The number of aliphatic hydroxyl groups excluding tert-OH is 1. The van der Waals surface area contributed by atoms with Crippen LogP contribution < -0.4 is 0 Å². The number of aromatic nitrogens is 4. The first-order chi connectivity index (χ1) is 10.8. The second-order valence-corrected chi connectivity index (χ2v) is 6.90. The Morgan fingerprint density at radius 3 is 3.05 bits per heavy atom. The van der Waals surface area contributed by atoms with E-state index in [9.17, 15) is 5.11 Å². The van der Waals surface area contributed by atoms with Crippen LogP contribution in [-0.2, 0) is 12.4 Å². The van der Waals surface area contributed by atoms with Crippen molar-refractivity contribution in [2.45, 2.75) is 36.4 Å². The number of thioether (sulfide) groups is 1. The van der Waals surface area contributed by atoms with Gasteiger partial charge in [-0.2, -0.15) is 0 Å². The molecule has 0 saturated heterocycles. The number of rotatable bonds is 6. The molecule has 0 radical (unpaired) electrons. The van der Waals surface area contributed by atoms with Gasteiger partial charge >= 0.3 is 0 Å². The van der Waals surface area contributed by atoms with E-state index >= 15 is 0 Å². The summed E-state index contributed by atoms with van der Waals surface area (Å²) in [6.45, 7) is -0.0641. The fraction of sp³-hybridized carbons (Fsp3) is 0.357. The Morgan fingerprint density at radius 1 is 1.41 bits per heavy atom. The normalized spacial score (nSPS) is 14.6. The van der Waals surface area contributed by atoms with E-state index in [1.165, 1.54) is 0 Å². The first-order valence-corrected chi connectivity index (χ1v) is 8.86. The highest BCUT2D eigenvalue weighted by atomic mass is 32.2. The highest BCUT2D eigenvalue weighted by Crippen LogP contribution is 2.39. The minimum Gasteiger partial charge on any atom is -0.472 e. The van der Waals surface area contributed by atoms with E-state index in [-0.39, 0.29) is 6.61 Å². The molecule has 8 heteroatoms. The van der Waals surface area contributed by atoms with Crippen molar-refractivity contribution in [3.05, 3.63) is 35.5 Å². The van der Waals surface area contributed by atoms with Crippen molar-refractivity contribution < 1.29 is 9.52 Å². The summed E-state index contributed by atoms with van der Waals surface area (Å²) in [6.07, 6.45) is 5.63. The van der Waals surface area contributed by atoms with E-state index in [1.54, 1.807) is 35.6 Å². The molecule has 6 nitrogen and oxygen atoms in total. The number of aliphatic hydroxyl groups is 1. The maximum absolute atomic E-state index is 9.35. The molecule has 0 aliphatic heterocycles. The lowest BCUT2D eigenvalue weighted by Gasteiger charge is -2.06. The largest absolute Gasteiger partial charge is 0.472 e. The zero-order chi connectivity index (χ0) is 14.9. The van der Waals surface area contributed by atoms with Gasteiger partial charge in [-0.3, -0.25) is 0 Å². The van der Waals surface area contributed by atoms with Crippen molar-refractivity contribution in [2.75, 3.05) is 0 Å². The number of hydrogen-bond donors (Lipinski definition) is 1. The standard InChI is InChI=1S/C14H14N4O2S2/c19-5-12-16-17-14(18(12)11-1-2-11)22-8-10-7-21-13(15-10)9-3-4-20-6-9/h3-4,6-7,11,19H,1-2,5,8H2. The van der Waals surface area contributed by atoms with Crippen molar-refractivity contribution in [2.24, 2.45) is 0 Å². The summed E-state index contributed by atoms with van der Waals surface area (Å²) in [7, 11) is 0. The number of thiazole rings is 1. The predicted octanol–water partition coefficient (Wildman–Crippen LogP) is 3.11. The number of nitrogens with zero attached hydrogens (tertiary/aromatic N) is 4. The number of hydrogen-bond acceptors (Lipinski definition) is 7. The van der Waals surface area contributed by atoms with Crippen LogP contribution in [0.25, 0.3) is 10.6 Å². The average molecular weight is 334 g/mol. The molecule has 114 valence electrons. The van der Waals surface area contributed by atoms with Crippen LogP contribution in [0.4, 0.5) is 0 Å². The smallest absolute Gasteiger partial charge is 0.191 e. The molecule has 0 bridgehead atoms. The van der Waals surface area contributed by atoms with Crippen molar-refractivity contribution in [1.29, 1.82) is 0 Å². The first-order valence-electron chi connectivity index (χ1n) is 6.99. The molecule has 3 heterocycles. The minimum atomic E-state index is -0.0641. The Bertz CT molecular complexity index is 762. The van der Waals surface area contributed by atoms with E-state index in [2.05, 4.69) is 25.1 Å². The number of furan rings is 1. The lowest BCUT2D eigenvalue weighted by atomic mass is 10.4. The molecule has 1 N–H and O–H groups in total. The van der Waals surface area contributed by atoms with Crippen LogP contribution in [0.5, 0.6) is 0 Å². The van der Waals surface area contributed by atoms with E-state index in [4.69, 9.17) is 4.42 Å². The lowest BCUT2D eigenvalue weighted by Crippen LogP contribution is -2.02. The summed E-state index contributed by atoms with van der Waals surface area (Å²) in [4.78, 5) is 4.62. The summed E-state index contributed by atoms with van der Waals surface area (Å²) in [5.74, 6) is 1.40. The summed E-state index contributed by atoms with van der Waals surface area (Å²) in [5.41, 5.74) is 2.02. The second kappa shape index (κ2) is 5.86. The van der Waals surface area contributed by atoms with Gasteiger partial charge in [0.2, 0.25) is 0 Å². The molecule has 0 amide bonds. The van der Waals surface area contributed by atoms with E-state index in [1.807, 2.05) is 6.07 Å². The van der Waals surface area contributed by atoms with E-state index < -0.39 is 0 Å². The molecule has 4 rings (SSSR count). The molecular weight excluding hydrogens is 320 g/mol. The van der Waals surface area contributed by atoms with Gasteiger partial charge in [-0.25, -0.2) is 4.98 Å². The molecule has 1 fully saturated rings. The summed E-state index contributed by atoms with van der Waals surface area (Å²) >= 11 is 3.22. The van der Waals surface area contributed by atoms with Gasteiger partial charge < -0.3 is 14.1 Å². The Kier molecular flexibility index (Phi) is 3.73. The molecule has 22 heavy (non-hydrogen) atoms. The van der Waals surface area contributed by atoms with Gasteiger partial charge in [0.05, 0.1) is 12.0 Å². The van der Waals surface area contributed by atoms with Crippen molar-refractivity contribution in [1.82, 2.24) is 19.7 Å². The van der Waals surface area contributed by atoms with Crippen LogP contribution in [0.2, 0.25) is 0 Å². The molecular formula is C14H14N4O2S2. The third-order valence-corrected chi connectivity index (χ3v) is 5.37. The maximum Gasteiger partial charge on any atom is 0.191 e. The SMILES string of the molecule is OCc1nnc(SCc2csc(-c3ccoc3)n2)n1C1CC1. The van der Waals surface area contributed by atoms with Crippen LogP contribution >= 0.6 is 23.1 Å². The summed E-state index contributed by atoms with van der Waals surface area (Å²) < 4.78 is 7.15. The Morgan fingerprint density at radius 2 is 2.32 bits per heavy atom. The summed E-state index contributed by atoms with van der Waals surface area (Å²) in [5, 5.41) is 21.5. The van der Waals surface area contributed by atoms with Gasteiger partial charge in [0, 0.05) is 22.7 Å².